The van der Waals surface area contributed by atoms with E-state index in [1.807, 2.05) is 6.92 Å². The van der Waals surface area contributed by atoms with E-state index in [0.29, 0.717) is 33.6 Å². The number of ether oxygens (including phenoxy) is 1. The summed E-state index contributed by atoms with van der Waals surface area (Å²) in [6.45, 7) is 5.97. The van der Waals surface area contributed by atoms with Crippen LogP contribution in [0.2, 0.25) is 0 Å². The van der Waals surface area contributed by atoms with Crippen molar-refractivity contribution in [3.05, 3.63) is 57.2 Å². The zero-order valence-electron chi connectivity index (χ0n) is 15.7. The lowest BCUT2D eigenvalue weighted by Crippen LogP contribution is -2.15. The topological polar surface area (TPSA) is 94.5 Å². The number of carbonyl (C=O) groups is 1. The lowest BCUT2D eigenvalue weighted by Gasteiger charge is -2.13. The zero-order chi connectivity index (χ0) is 20.5. The lowest BCUT2D eigenvalue weighted by atomic mass is 10.1. The summed E-state index contributed by atoms with van der Waals surface area (Å²) in [6.07, 6.45) is 0. The molecule has 3 rings (SSSR count). The SMILES string of the molecule is CCOC(=O)c1cccc(NS(=O)(=O)c2ccc3c(c2)sc(=O)n3CC)c1C. The molecular weight excluding hydrogens is 400 g/mol. The first-order valence-electron chi connectivity index (χ1n) is 8.71. The second-order valence-electron chi connectivity index (χ2n) is 6.05. The van der Waals surface area contributed by atoms with Crippen molar-refractivity contribution in [3.8, 4) is 0 Å². The van der Waals surface area contributed by atoms with Gasteiger partial charge in [-0.05, 0) is 56.7 Å². The fourth-order valence-electron chi connectivity index (χ4n) is 2.89. The second kappa shape index (κ2) is 7.76. The lowest BCUT2D eigenvalue weighted by molar-refractivity contribution is 0.0525. The Morgan fingerprint density at radius 2 is 1.96 bits per heavy atom. The van der Waals surface area contributed by atoms with Crippen molar-refractivity contribution >= 4 is 43.2 Å². The Bertz CT molecular complexity index is 1210. The van der Waals surface area contributed by atoms with Gasteiger partial charge in [0.25, 0.3) is 10.0 Å². The number of hydrogen-bond donors (Lipinski definition) is 1. The number of thiazole rings is 1. The van der Waals surface area contributed by atoms with Crippen molar-refractivity contribution in [1.82, 2.24) is 4.57 Å². The first-order chi connectivity index (χ1) is 13.3. The molecule has 7 nitrogen and oxygen atoms in total. The van der Waals surface area contributed by atoms with Gasteiger partial charge in [0.15, 0.2) is 0 Å². The summed E-state index contributed by atoms with van der Waals surface area (Å²) in [5.74, 6) is -0.506. The molecule has 0 aliphatic heterocycles. The summed E-state index contributed by atoms with van der Waals surface area (Å²) >= 11 is 1.01. The van der Waals surface area contributed by atoms with Crippen molar-refractivity contribution in [2.75, 3.05) is 11.3 Å². The molecule has 0 atom stereocenters. The molecule has 2 aromatic carbocycles. The maximum absolute atomic E-state index is 12.9. The number of nitrogens with zero attached hydrogens (tertiary/aromatic N) is 1. The number of anilines is 1. The number of fused-ring (bicyclic) bond motifs is 1. The summed E-state index contributed by atoms with van der Waals surface area (Å²) in [7, 11) is -3.90. The Balaban J connectivity index is 1.99. The van der Waals surface area contributed by atoms with E-state index in [0.717, 1.165) is 11.3 Å². The molecule has 1 N–H and O–H groups in total. The number of aryl methyl sites for hydroxylation is 1. The van der Waals surface area contributed by atoms with Crippen molar-refractivity contribution < 1.29 is 17.9 Å². The Labute approximate surface area is 166 Å². The van der Waals surface area contributed by atoms with Gasteiger partial charge in [0, 0.05) is 6.54 Å². The summed E-state index contributed by atoms with van der Waals surface area (Å²) in [5, 5.41) is 0. The average molecular weight is 421 g/mol. The van der Waals surface area contributed by atoms with Crippen LogP contribution in [-0.4, -0.2) is 25.6 Å². The van der Waals surface area contributed by atoms with E-state index >= 15 is 0 Å². The van der Waals surface area contributed by atoms with E-state index in [9.17, 15) is 18.0 Å². The monoisotopic (exact) mass is 420 g/mol. The first kappa shape index (κ1) is 20.1. The van der Waals surface area contributed by atoms with Gasteiger partial charge < -0.3 is 4.74 Å². The van der Waals surface area contributed by atoms with Gasteiger partial charge in [0.1, 0.15) is 0 Å². The molecule has 0 amide bonds. The van der Waals surface area contributed by atoms with Crippen LogP contribution in [0.1, 0.15) is 29.8 Å². The van der Waals surface area contributed by atoms with E-state index in [1.165, 1.54) is 12.1 Å². The maximum Gasteiger partial charge on any atom is 0.338 e. The van der Waals surface area contributed by atoms with Crippen LogP contribution in [0.25, 0.3) is 10.2 Å². The molecule has 0 aliphatic rings. The predicted octanol–water partition coefficient (Wildman–Crippen LogP) is 3.37. The van der Waals surface area contributed by atoms with Crippen LogP contribution in [0.5, 0.6) is 0 Å². The number of sulfonamides is 1. The molecule has 0 unspecified atom stereocenters. The highest BCUT2D eigenvalue weighted by Gasteiger charge is 2.20. The molecule has 0 spiro atoms. The molecule has 0 aliphatic carbocycles. The Hall–Kier alpha value is -2.65. The van der Waals surface area contributed by atoms with Crippen molar-refractivity contribution in [1.29, 1.82) is 0 Å². The van der Waals surface area contributed by atoms with Crippen LogP contribution < -0.4 is 9.60 Å². The number of carbonyl (C=O) groups excluding carboxylic acids is 1. The largest absolute Gasteiger partial charge is 0.462 e. The third-order valence-corrected chi connectivity index (χ3v) is 6.64. The molecule has 9 heteroatoms. The molecular formula is C19H20N2O5S2. The minimum Gasteiger partial charge on any atom is -0.462 e. The number of benzene rings is 2. The van der Waals surface area contributed by atoms with Gasteiger partial charge in [-0.2, -0.15) is 0 Å². The van der Waals surface area contributed by atoms with E-state index in [4.69, 9.17) is 4.74 Å². The number of rotatable bonds is 6. The minimum absolute atomic E-state index is 0.0467. The van der Waals surface area contributed by atoms with Crippen molar-refractivity contribution in [3.63, 3.8) is 0 Å². The highest BCUT2D eigenvalue weighted by molar-refractivity contribution is 7.92. The summed E-state index contributed by atoms with van der Waals surface area (Å²) in [5.41, 5.74) is 1.78. The van der Waals surface area contributed by atoms with Gasteiger partial charge >= 0.3 is 10.8 Å². The Morgan fingerprint density at radius 1 is 1.21 bits per heavy atom. The van der Waals surface area contributed by atoms with Gasteiger partial charge in [-0.1, -0.05) is 17.4 Å². The molecule has 0 saturated heterocycles. The predicted molar refractivity (Wildman–Crippen MR) is 110 cm³/mol. The van der Waals surface area contributed by atoms with Crippen LogP contribution in [0, 0.1) is 6.92 Å². The fourth-order valence-corrected chi connectivity index (χ4v) is 5.11. The number of nitrogens with one attached hydrogen (secondary N) is 1. The van der Waals surface area contributed by atoms with E-state index in [-0.39, 0.29) is 16.4 Å². The molecule has 0 bridgehead atoms. The number of aromatic nitrogens is 1. The normalized spacial score (nSPS) is 11.5. The zero-order valence-corrected chi connectivity index (χ0v) is 17.3. The van der Waals surface area contributed by atoms with Crippen LogP contribution in [-0.2, 0) is 21.3 Å². The Morgan fingerprint density at radius 3 is 2.64 bits per heavy atom. The quantitative estimate of drug-likeness (QED) is 0.617. The van der Waals surface area contributed by atoms with E-state index < -0.39 is 16.0 Å². The standard InChI is InChI=1S/C19H20N2O5S2/c1-4-21-16-10-9-13(11-17(16)27-19(21)23)28(24,25)20-15-8-6-7-14(12(15)3)18(22)26-5-2/h6-11,20H,4-5H2,1-3H3. The smallest absolute Gasteiger partial charge is 0.338 e. The molecule has 148 valence electrons. The van der Waals surface area contributed by atoms with Gasteiger partial charge in [-0.15, -0.1) is 0 Å². The van der Waals surface area contributed by atoms with Gasteiger partial charge in [-0.3, -0.25) is 14.1 Å². The molecule has 0 fully saturated rings. The second-order valence-corrected chi connectivity index (χ2v) is 8.72. The van der Waals surface area contributed by atoms with Crippen LogP contribution in [0.4, 0.5) is 5.69 Å². The average Bonchev–Trinajstić information content (AvgIpc) is 2.97. The minimum atomic E-state index is -3.90. The van der Waals surface area contributed by atoms with Crippen LogP contribution in [0.15, 0.2) is 46.1 Å². The molecule has 0 radical (unpaired) electrons. The van der Waals surface area contributed by atoms with Crippen LogP contribution in [0.3, 0.4) is 0 Å². The van der Waals surface area contributed by atoms with E-state index in [2.05, 4.69) is 4.72 Å². The number of esters is 1. The van der Waals surface area contributed by atoms with Crippen molar-refractivity contribution in [2.24, 2.45) is 0 Å². The third-order valence-electron chi connectivity index (χ3n) is 4.34. The molecule has 0 saturated carbocycles. The molecule has 3 aromatic rings. The summed E-state index contributed by atoms with van der Waals surface area (Å²) in [4.78, 5) is 23.9. The molecule has 1 aromatic heterocycles. The fraction of sp³-hybridized carbons (Fsp3) is 0.263. The molecule has 28 heavy (non-hydrogen) atoms. The maximum atomic E-state index is 12.9. The summed E-state index contributed by atoms with van der Waals surface area (Å²) in [6, 6.07) is 9.34. The highest BCUT2D eigenvalue weighted by atomic mass is 32.2. The number of hydrogen-bond acceptors (Lipinski definition) is 6. The van der Waals surface area contributed by atoms with Gasteiger partial charge in [0.05, 0.1) is 33.0 Å². The Kier molecular flexibility index (Phi) is 5.57. The van der Waals surface area contributed by atoms with Gasteiger partial charge in [-0.25, -0.2) is 13.2 Å². The van der Waals surface area contributed by atoms with Crippen LogP contribution >= 0.6 is 11.3 Å². The third kappa shape index (κ3) is 3.67. The van der Waals surface area contributed by atoms with Crippen molar-refractivity contribution in [2.45, 2.75) is 32.2 Å². The first-order valence-corrected chi connectivity index (χ1v) is 11.0. The van der Waals surface area contributed by atoms with E-state index in [1.54, 1.807) is 42.7 Å². The summed E-state index contributed by atoms with van der Waals surface area (Å²) < 4.78 is 35.4. The van der Waals surface area contributed by atoms with Gasteiger partial charge in [0.2, 0.25) is 0 Å². The molecule has 1 heterocycles. The highest BCUT2D eigenvalue weighted by Crippen LogP contribution is 2.26.